The first kappa shape index (κ1) is 23.0. The summed E-state index contributed by atoms with van der Waals surface area (Å²) < 4.78 is 80.6. The molecule has 1 aromatic heterocycles. The van der Waals surface area contributed by atoms with Crippen molar-refractivity contribution in [1.82, 2.24) is 9.78 Å². The largest absolute Gasteiger partial charge is 0.416 e. The zero-order chi connectivity index (χ0) is 24.0. The predicted octanol–water partition coefficient (Wildman–Crippen LogP) is 6.47. The van der Waals surface area contributed by atoms with Gasteiger partial charge in [0.1, 0.15) is 5.82 Å². The fourth-order valence-electron chi connectivity index (χ4n) is 3.57. The van der Waals surface area contributed by atoms with Gasteiger partial charge in [-0.3, -0.25) is 4.79 Å². The summed E-state index contributed by atoms with van der Waals surface area (Å²) in [5.41, 5.74) is -0.953. The third kappa shape index (κ3) is 4.92. The minimum absolute atomic E-state index is 0.0438. The molecule has 0 saturated carbocycles. The van der Waals surface area contributed by atoms with Crippen LogP contribution in [0.15, 0.2) is 54.6 Å². The van der Waals surface area contributed by atoms with Gasteiger partial charge >= 0.3 is 12.4 Å². The molecule has 33 heavy (non-hydrogen) atoms. The molecule has 0 spiro atoms. The van der Waals surface area contributed by atoms with Crippen LogP contribution in [0, 0.1) is 0 Å². The molecular formula is C21H15ClF6N4O. The van der Waals surface area contributed by atoms with E-state index in [2.05, 4.69) is 15.7 Å². The number of fused-ring (bicyclic) bond motifs is 1. The number of aromatic nitrogens is 2. The summed E-state index contributed by atoms with van der Waals surface area (Å²) in [7, 11) is 0. The second-order valence-electron chi connectivity index (χ2n) is 7.43. The molecule has 2 aromatic carbocycles. The van der Waals surface area contributed by atoms with Crippen LogP contribution in [-0.2, 0) is 6.18 Å². The number of amides is 1. The molecule has 4 rings (SSSR count). The number of hydrogen-bond donors (Lipinski definition) is 2. The maximum absolute atomic E-state index is 13.8. The third-order valence-corrected chi connectivity index (χ3v) is 5.39. The Bertz CT molecular complexity index is 1170. The summed E-state index contributed by atoms with van der Waals surface area (Å²) in [5.74, 6) is -0.986. The lowest BCUT2D eigenvalue weighted by molar-refractivity contribution is -0.173. The Hall–Kier alpha value is -3.21. The van der Waals surface area contributed by atoms with E-state index in [4.69, 9.17) is 11.6 Å². The lowest BCUT2D eigenvalue weighted by atomic mass is 9.97. The normalized spacial score (nSPS) is 18.4. The van der Waals surface area contributed by atoms with E-state index in [1.807, 2.05) is 0 Å². The molecule has 1 aliphatic heterocycles. The van der Waals surface area contributed by atoms with E-state index >= 15 is 0 Å². The topological polar surface area (TPSA) is 59.0 Å². The molecular weight excluding hydrogens is 474 g/mol. The average Bonchev–Trinajstić information content (AvgIpc) is 3.17. The Labute approximate surface area is 188 Å². The summed E-state index contributed by atoms with van der Waals surface area (Å²) in [6.45, 7) is 0. The van der Waals surface area contributed by atoms with Crippen LogP contribution in [0.4, 0.5) is 37.8 Å². The number of benzene rings is 2. The van der Waals surface area contributed by atoms with Crippen LogP contribution >= 0.6 is 11.6 Å². The number of anilines is 2. The zero-order valence-electron chi connectivity index (χ0n) is 16.5. The Kier molecular flexibility index (Phi) is 5.77. The van der Waals surface area contributed by atoms with Gasteiger partial charge in [-0.1, -0.05) is 29.8 Å². The molecule has 0 saturated heterocycles. The number of hydrogen-bond acceptors (Lipinski definition) is 3. The highest BCUT2D eigenvalue weighted by Gasteiger charge is 2.46. The lowest BCUT2D eigenvalue weighted by Gasteiger charge is -2.33. The van der Waals surface area contributed by atoms with Crippen molar-refractivity contribution in [3.63, 3.8) is 0 Å². The van der Waals surface area contributed by atoms with Crippen molar-refractivity contribution in [2.24, 2.45) is 0 Å². The maximum Gasteiger partial charge on any atom is 0.416 e. The molecule has 0 aliphatic carbocycles. The van der Waals surface area contributed by atoms with Gasteiger partial charge in [-0.25, -0.2) is 4.68 Å². The second-order valence-corrected chi connectivity index (χ2v) is 7.87. The molecule has 174 valence electrons. The van der Waals surface area contributed by atoms with Crippen molar-refractivity contribution in [3.8, 4) is 0 Å². The quantitative estimate of drug-likeness (QED) is 0.416. The second kappa shape index (κ2) is 8.29. The predicted molar refractivity (Wildman–Crippen MR) is 109 cm³/mol. The summed E-state index contributed by atoms with van der Waals surface area (Å²) in [6, 6.07) is 8.60. The van der Waals surface area contributed by atoms with Crippen molar-refractivity contribution in [1.29, 1.82) is 0 Å². The number of nitrogens with one attached hydrogen (secondary N) is 2. The smallest absolute Gasteiger partial charge is 0.363 e. The summed E-state index contributed by atoms with van der Waals surface area (Å²) in [4.78, 5) is 12.5. The molecule has 0 fully saturated rings. The van der Waals surface area contributed by atoms with Gasteiger partial charge in [0.05, 0.1) is 11.6 Å². The van der Waals surface area contributed by atoms with Gasteiger partial charge in [-0.05, 0) is 35.9 Å². The van der Waals surface area contributed by atoms with E-state index in [9.17, 15) is 31.1 Å². The van der Waals surface area contributed by atoms with Gasteiger partial charge < -0.3 is 10.6 Å². The highest BCUT2D eigenvalue weighted by atomic mass is 35.5. The molecule has 3 aromatic rings. The Morgan fingerprint density at radius 1 is 1.06 bits per heavy atom. The van der Waals surface area contributed by atoms with Crippen LogP contribution in [0.2, 0.25) is 5.02 Å². The molecule has 0 bridgehead atoms. The fraction of sp³-hybridized carbons (Fsp3) is 0.238. The number of alkyl halides is 6. The minimum atomic E-state index is -4.65. The van der Waals surface area contributed by atoms with Crippen molar-refractivity contribution >= 4 is 29.0 Å². The van der Waals surface area contributed by atoms with Gasteiger partial charge in [-0.2, -0.15) is 31.4 Å². The summed E-state index contributed by atoms with van der Waals surface area (Å²) >= 11 is 5.85. The lowest BCUT2D eigenvalue weighted by Crippen LogP contribution is -2.35. The number of rotatable bonds is 3. The SMILES string of the molecule is O=C(Nc1cccc(C(F)(F)F)c1)c1cc2n(n1)[C@H](C(F)(F)F)C[C@H](c1ccc(Cl)cc1)N2. The average molecular weight is 489 g/mol. The molecule has 12 heteroatoms. The van der Waals surface area contributed by atoms with Gasteiger partial charge in [0.2, 0.25) is 0 Å². The van der Waals surface area contributed by atoms with Crippen molar-refractivity contribution < 1.29 is 31.1 Å². The number of carbonyl (C=O) groups is 1. The van der Waals surface area contributed by atoms with Crippen LogP contribution in [-0.4, -0.2) is 21.9 Å². The van der Waals surface area contributed by atoms with Crippen LogP contribution in [0.5, 0.6) is 0 Å². The van der Waals surface area contributed by atoms with Crippen LogP contribution in [0.25, 0.3) is 0 Å². The molecule has 2 atom stereocenters. The van der Waals surface area contributed by atoms with Gasteiger partial charge in [0.15, 0.2) is 11.7 Å². The molecule has 5 nitrogen and oxygen atoms in total. The van der Waals surface area contributed by atoms with E-state index in [0.717, 1.165) is 24.3 Å². The zero-order valence-corrected chi connectivity index (χ0v) is 17.3. The van der Waals surface area contributed by atoms with Crippen molar-refractivity contribution in [2.75, 3.05) is 10.6 Å². The van der Waals surface area contributed by atoms with E-state index in [1.165, 1.54) is 6.07 Å². The fourth-order valence-corrected chi connectivity index (χ4v) is 3.69. The third-order valence-electron chi connectivity index (χ3n) is 5.14. The van der Waals surface area contributed by atoms with Crippen LogP contribution in [0.1, 0.15) is 40.1 Å². The number of halogens is 7. The summed E-state index contributed by atoms with van der Waals surface area (Å²) in [6.07, 6.45) is -9.65. The first-order valence-corrected chi connectivity index (χ1v) is 9.96. The van der Waals surface area contributed by atoms with E-state index in [-0.39, 0.29) is 23.6 Å². The van der Waals surface area contributed by atoms with Crippen LogP contribution < -0.4 is 10.6 Å². The highest BCUT2D eigenvalue weighted by molar-refractivity contribution is 6.30. The maximum atomic E-state index is 13.8. The summed E-state index contributed by atoms with van der Waals surface area (Å²) in [5, 5.41) is 9.39. The van der Waals surface area contributed by atoms with E-state index in [0.29, 0.717) is 15.3 Å². The van der Waals surface area contributed by atoms with E-state index < -0.39 is 35.9 Å². The molecule has 0 unspecified atom stereocenters. The van der Waals surface area contributed by atoms with Crippen molar-refractivity contribution in [3.05, 3.63) is 76.4 Å². The Morgan fingerprint density at radius 3 is 2.39 bits per heavy atom. The van der Waals surface area contributed by atoms with Gasteiger partial charge in [0, 0.05) is 23.2 Å². The standard InChI is InChI=1S/C21H15ClF6N4O/c22-13-6-4-11(5-7-13)15-9-17(21(26,27)28)32-18(30-15)10-16(31-32)19(33)29-14-3-1-2-12(8-14)20(23,24)25/h1-8,10,15,17,30H,9H2,(H,29,33)/t15-,17+/m1/s1. The minimum Gasteiger partial charge on any atom is -0.363 e. The van der Waals surface area contributed by atoms with Gasteiger partial charge in [-0.15, -0.1) is 0 Å². The molecule has 1 aliphatic rings. The first-order valence-electron chi connectivity index (χ1n) is 9.59. The Morgan fingerprint density at radius 2 is 1.76 bits per heavy atom. The Balaban J connectivity index is 1.62. The highest BCUT2D eigenvalue weighted by Crippen LogP contribution is 2.43. The first-order chi connectivity index (χ1) is 15.4. The molecule has 0 radical (unpaired) electrons. The van der Waals surface area contributed by atoms with E-state index in [1.54, 1.807) is 24.3 Å². The molecule has 2 N–H and O–H groups in total. The molecule has 2 heterocycles. The van der Waals surface area contributed by atoms with Gasteiger partial charge in [0.25, 0.3) is 5.91 Å². The monoisotopic (exact) mass is 488 g/mol. The van der Waals surface area contributed by atoms with Crippen LogP contribution in [0.3, 0.4) is 0 Å². The molecule has 1 amide bonds. The number of carbonyl (C=O) groups excluding carboxylic acids is 1. The number of nitrogens with zero attached hydrogens (tertiary/aromatic N) is 2. The van der Waals surface area contributed by atoms with Crippen molar-refractivity contribution in [2.45, 2.75) is 30.9 Å².